The Morgan fingerprint density at radius 3 is 2.73 bits per heavy atom. The van der Waals surface area contributed by atoms with Gasteiger partial charge in [-0.25, -0.2) is 0 Å². The molecule has 0 aromatic heterocycles. The zero-order valence-electron chi connectivity index (χ0n) is 9.35. The van der Waals surface area contributed by atoms with Crippen molar-refractivity contribution in [3.05, 3.63) is 34.4 Å². The van der Waals surface area contributed by atoms with E-state index in [9.17, 15) is 4.79 Å². The summed E-state index contributed by atoms with van der Waals surface area (Å²) in [6.45, 7) is 6.42. The monoisotopic (exact) mass is 201 g/mol. The van der Waals surface area contributed by atoms with Crippen LogP contribution in [-0.2, 0) is 4.79 Å². The molecule has 0 bridgehead atoms. The smallest absolute Gasteiger partial charge is 0.157 e. The normalized spacial score (nSPS) is 13.9. The molecule has 0 radical (unpaired) electrons. The van der Waals surface area contributed by atoms with Gasteiger partial charge in [-0.15, -0.1) is 0 Å². The van der Waals surface area contributed by atoms with Gasteiger partial charge in [0.1, 0.15) is 0 Å². The summed E-state index contributed by atoms with van der Waals surface area (Å²) < 4.78 is 0. The highest BCUT2D eigenvalue weighted by molar-refractivity contribution is 6.00. The Morgan fingerprint density at radius 1 is 1.33 bits per heavy atom. The highest BCUT2D eigenvalue weighted by atomic mass is 16.1. The van der Waals surface area contributed by atoms with Crippen LogP contribution < -0.4 is 5.32 Å². The minimum Gasteiger partial charge on any atom is -0.380 e. The van der Waals surface area contributed by atoms with Crippen molar-refractivity contribution >= 4 is 17.5 Å². The van der Waals surface area contributed by atoms with Gasteiger partial charge in [-0.1, -0.05) is 11.6 Å². The summed E-state index contributed by atoms with van der Waals surface area (Å²) >= 11 is 0. The Hall–Kier alpha value is -1.57. The summed E-state index contributed by atoms with van der Waals surface area (Å²) in [5.41, 5.74) is 5.61. The molecule has 1 aliphatic rings. The minimum absolute atomic E-state index is 0.146. The van der Waals surface area contributed by atoms with Crippen LogP contribution >= 0.6 is 0 Å². The number of Topliss-reactive ketones (excluding diaryl/α,β-unsaturated/α-hetero) is 1. The molecule has 2 rings (SSSR count). The van der Waals surface area contributed by atoms with Crippen LogP contribution in [0.1, 0.15) is 23.6 Å². The summed E-state index contributed by atoms with van der Waals surface area (Å²) in [4.78, 5) is 11.3. The average molecular weight is 201 g/mol. The van der Waals surface area contributed by atoms with Gasteiger partial charge in [0.05, 0.1) is 0 Å². The molecule has 1 aromatic rings. The fraction of sp³-hybridized carbons (Fsp3) is 0.308. The molecular weight excluding hydrogens is 186 g/mol. The van der Waals surface area contributed by atoms with Crippen LogP contribution in [0.4, 0.5) is 5.69 Å². The van der Waals surface area contributed by atoms with Gasteiger partial charge in [-0.05, 0) is 44.0 Å². The summed E-state index contributed by atoms with van der Waals surface area (Å²) in [7, 11) is 0. The van der Waals surface area contributed by atoms with E-state index in [-0.39, 0.29) is 5.78 Å². The van der Waals surface area contributed by atoms with E-state index in [4.69, 9.17) is 0 Å². The van der Waals surface area contributed by atoms with E-state index >= 15 is 0 Å². The minimum atomic E-state index is 0.146. The van der Waals surface area contributed by atoms with Crippen LogP contribution in [0.5, 0.6) is 0 Å². The number of nitrogens with one attached hydrogen (secondary N) is 1. The molecule has 2 heteroatoms. The van der Waals surface area contributed by atoms with Gasteiger partial charge in [0.2, 0.25) is 0 Å². The lowest BCUT2D eigenvalue weighted by Gasteiger charge is -2.20. The third-order valence-corrected chi connectivity index (χ3v) is 2.75. The highest BCUT2D eigenvalue weighted by Gasteiger charge is 2.14. The van der Waals surface area contributed by atoms with Crippen molar-refractivity contribution in [2.24, 2.45) is 0 Å². The van der Waals surface area contributed by atoms with Gasteiger partial charge in [-0.3, -0.25) is 4.79 Å². The summed E-state index contributed by atoms with van der Waals surface area (Å²) in [5, 5.41) is 3.30. The predicted octanol–water partition coefficient (Wildman–Crippen LogP) is 2.70. The molecule has 0 spiro atoms. The maximum Gasteiger partial charge on any atom is 0.157 e. The summed E-state index contributed by atoms with van der Waals surface area (Å²) in [6.07, 6.45) is 1.99. The second-order valence-electron chi connectivity index (χ2n) is 4.13. The van der Waals surface area contributed by atoms with Crippen LogP contribution in [-0.4, -0.2) is 12.3 Å². The van der Waals surface area contributed by atoms with Crippen molar-refractivity contribution in [3.8, 4) is 0 Å². The predicted molar refractivity (Wildman–Crippen MR) is 63.1 cm³/mol. The highest BCUT2D eigenvalue weighted by Crippen LogP contribution is 2.28. The number of carbonyl (C=O) groups excluding carboxylic acids is 1. The summed E-state index contributed by atoms with van der Waals surface area (Å²) in [5.74, 6) is 0.146. The number of aryl methyl sites for hydroxylation is 2. The first-order valence-corrected chi connectivity index (χ1v) is 5.14. The largest absolute Gasteiger partial charge is 0.380 e. The van der Waals surface area contributed by atoms with Crippen molar-refractivity contribution < 1.29 is 4.79 Å². The second-order valence-corrected chi connectivity index (χ2v) is 4.13. The van der Waals surface area contributed by atoms with E-state index in [0.717, 1.165) is 16.8 Å². The van der Waals surface area contributed by atoms with E-state index < -0.39 is 0 Å². The average Bonchev–Trinajstić information content (AvgIpc) is 2.16. The van der Waals surface area contributed by atoms with Crippen molar-refractivity contribution in [3.63, 3.8) is 0 Å². The topological polar surface area (TPSA) is 29.1 Å². The molecule has 1 heterocycles. The van der Waals surface area contributed by atoms with Crippen LogP contribution in [0.15, 0.2) is 17.7 Å². The molecule has 2 nitrogen and oxygen atoms in total. The van der Waals surface area contributed by atoms with Crippen LogP contribution in [0, 0.1) is 13.8 Å². The Labute approximate surface area is 90.0 Å². The molecule has 1 aromatic carbocycles. The van der Waals surface area contributed by atoms with E-state index in [2.05, 4.69) is 31.3 Å². The molecule has 1 N–H and O–H groups in total. The van der Waals surface area contributed by atoms with E-state index in [1.165, 1.54) is 11.1 Å². The number of rotatable bonds is 1. The third-order valence-electron chi connectivity index (χ3n) is 2.75. The van der Waals surface area contributed by atoms with Crippen LogP contribution in [0.25, 0.3) is 6.08 Å². The zero-order chi connectivity index (χ0) is 11.0. The lowest BCUT2D eigenvalue weighted by molar-refractivity contribution is -0.113. The Morgan fingerprint density at radius 2 is 2.07 bits per heavy atom. The Balaban J connectivity index is 2.54. The first-order chi connectivity index (χ1) is 7.08. The second kappa shape index (κ2) is 3.54. The fourth-order valence-electron chi connectivity index (χ4n) is 2.00. The molecule has 1 aliphatic heterocycles. The molecule has 0 atom stereocenters. The molecule has 0 aliphatic carbocycles. The van der Waals surface area contributed by atoms with Gasteiger partial charge in [0, 0.05) is 17.8 Å². The molecule has 0 saturated heterocycles. The maximum atomic E-state index is 11.3. The van der Waals surface area contributed by atoms with Gasteiger partial charge in [0.25, 0.3) is 0 Å². The first kappa shape index (κ1) is 9.97. The van der Waals surface area contributed by atoms with E-state index in [0.29, 0.717) is 6.54 Å². The van der Waals surface area contributed by atoms with Gasteiger partial charge in [-0.2, -0.15) is 0 Å². The summed E-state index contributed by atoms with van der Waals surface area (Å²) in [6, 6.07) is 4.26. The first-order valence-electron chi connectivity index (χ1n) is 5.14. The lowest BCUT2D eigenvalue weighted by Crippen LogP contribution is -2.16. The quantitative estimate of drug-likeness (QED) is 0.757. The van der Waals surface area contributed by atoms with Crippen molar-refractivity contribution in [1.82, 2.24) is 0 Å². The molecule has 0 amide bonds. The lowest BCUT2D eigenvalue weighted by atomic mass is 9.97. The molecule has 0 saturated carbocycles. The van der Waals surface area contributed by atoms with E-state index in [1.807, 2.05) is 6.08 Å². The van der Waals surface area contributed by atoms with Crippen molar-refractivity contribution in [2.45, 2.75) is 20.8 Å². The molecular formula is C13H15NO. The fourth-order valence-corrected chi connectivity index (χ4v) is 2.00. The standard InChI is InChI=1S/C13H15NO/c1-8-4-9(2)13-11(5-8)6-12(7-14-13)10(3)15/h4-6,14H,7H2,1-3H3. The third kappa shape index (κ3) is 1.80. The van der Waals surface area contributed by atoms with Gasteiger partial charge < -0.3 is 5.32 Å². The number of hydrogen-bond acceptors (Lipinski definition) is 2. The zero-order valence-corrected chi connectivity index (χ0v) is 9.35. The van der Waals surface area contributed by atoms with Crippen LogP contribution in [0.2, 0.25) is 0 Å². The number of anilines is 1. The molecule has 0 unspecified atom stereocenters. The SMILES string of the molecule is CC(=O)C1=Cc2cc(C)cc(C)c2NC1. The Kier molecular flexibility index (Phi) is 2.35. The molecule has 0 fully saturated rings. The van der Waals surface area contributed by atoms with Gasteiger partial charge in [0.15, 0.2) is 5.78 Å². The number of ketones is 1. The van der Waals surface area contributed by atoms with Gasteiger partial charge >= 0.3 is 0 Å². The number of carbonyl (C=O) groups is 1. The molecule has 15 heavy (non-hydrogen) atoms. The molecule has 78 valence electrons. The maximum absolute atomic E-state index is 11.3. The van der Waals surface area contributed by atoms with E-state index in [1.54, 1.807) is 6.92 Å². The van der Waals surface area contributed by atoms with Crippen molar-refractivity contribution in [1.29, 1.82) is 0 Å². The number of fused-ring (bicyclic) bond motifs is 1. The Bertz CT molecular complexity index is 458. The van der Waals surface area contributed by atoms with Crippen molar-refractivity contribution in [2.75, 3.05) is 11.9 Å². The van der Waals surface area contributed by atoms with Crippen LogP contribution in [0.3, 0.4) is 0 Å². The number of hydrogen-bond donors (Lipinski definition) is 1. The number of benzene rings is 1.